The Balaban J connectivity index is 2.23. The number of nitrogens with one attached hydrogen (secondary N) is 1. The molecule has 0 atom stereocenters. The molecule has 0 aromatic heterocycles. The summed E-state index contributed by atoms with van der Waals surface area (Å²) in [4.78, 5) is 0. The Morgan fingerprint density at radius 3 is 2.59 bits per heavy atom. The highest BCUT2D eigenvalue weighted by atomic mass is 35.5. The van der Waals surface area contributed by atoms with Crippen LogP contribution < -0.4 is 5.32 Å². The van der Waals surface area contributed by atoms with Crippen molar-refractivity contribution in [2.45, 2.75) is 44.1 Å². The van der Waals surface area contributed by atoms with Crippen molar-refractivity contribution in [2.24, 2.45) is 0 Å². The van der Waals surface area contributed by atoms with Crippen LogP contribution in [0.4, 0.5) is 4.39 Å². The molecular weight excluding hydrogens is 237 g/mol. The van der Waals surface area contributed by atoms with Gasteiger partial charge in [0.05, 0.1) is 0 Å². The van der Waals surface area contributed by atoms with E-state index in [0.717, 1.165) is 12.8 Å². The molecule has 0 spiro atoms. The smallest absolute Gasteiger partial charge is 0.127 e. The van der Waals surface area contributed by atoms with Gasteiger partial charge in [0.1, 0.15) is 5.82 Å². The van der Waals surface area contributed by atoms with Gasteiger partial charge in [-0.1, -0.05) is 36.9 Å². The summed E-state index contributed by atoms with van der Waals surface area (Å²) in [5.41, 5.74) is 0.690. The van der Waals surface area contributed by atoms with Crippen LogP contribution in [0.15, 0.2) is 18.2 Å². The minimum atomic E-state index is -0.183. The van der Waals surface area contributed by atoms with Crippen molar-refractivity contribution in [3.63, 3.8) is 0 Å². The molecule has 0 aliphatic heterocycles. The van der Waals surface area contributed by atoms with Crippen LogP contribution in [-0.2, 0) is 6.42 Å². The molecule has 2 rings (SSSR count). The summed E-state index contributed by atoms with van der Waals surface area (Å²) in [5.74, 6) is -0.183. The first-order chi connectivity index (χ1) is 8.17. The fraction of sp³-hybridized carbons (Fsp3) is 0.571. The highest BCUT2D eigenvalue weighted by molar-refractivity contribution is 6.31. The number of hydrogen-bond donors (Lipinski definition) is 1. The summed E-state index contributed by atoms with van der Waals surface area (Å²) in [5, 5.41) is 3.94. The molecule has 0 heterocycles. The second-order valence-electron chi connectivity index (χ2n) is 4.97. The minimum absolute atomic E-state index is 0.0318. The Labute approximate surface area is 107 Å². The standard InChI is InChI=1S/C14H19ClFN/c1-17-14(8-3-2-4-9-14)10-11-12(15)6-5-7-13(11)16/h5-7,17H,2-4,8-10H2,1H3. The SMILES string of the molecule is CNC1(Cc2c(F)cccc2Cl)CCCCC1. The van der Waals surface area contributed by atoms with Gasteiger partial charge in [-0.05, 0) is 38.4 Å². The lowest BCUT2D eigenvalue weighted by atomic mass is 9.77. The van der Waals surface area contributed by atoms with Crippen LogP contribution in [0, 0.1) is 5.82 Å². The predicted molar refractivity (Wildman–Crippen MR) is 70.0 cm³/mol. The van der Waals surface area contributed by atoms with Crippen LogP contribution in [0.5, 0.6) is 0 Å². The Morgan fingerprint density at radius 1 is 1.29 bits per heavy atom. The van der Waals surface area contributed by atoms with Crippen molar-refractivity contribution < 1.29 is 4.39 Å². The lowest BCUT2D eigenvalue weighted by molar-refractivity contribution is 0.242. The highest BCUT2D eigenvalue weighted by Crippen LogP contribution is 2.33. The zero-order valence-electron chi connectivity index (χ0n) is 10.2. The number of halogens is 2. The van der Waals surface area contributed by atoms with Crippen LogP contribution in [0.25, 0.3) is 0 Å². The molecular formula is C14H19ClFN. The van der Waals surface area contributed by atoms with Gasteiger partial charge < -0.3 is 5.32 Å². The Morgan fingerprint density at radius 2 is 2.00 bits per heavy atom. The largest absolute Gasteiger partial charge is 0.314 e. The average molecular weight is 256 g/mol. The Kier molecular flexibility index (Phi) is 4.05. The van der Waals surface area contributed by atoms with Gasteiger partial charge >= 0.3 is 0 Å². The molecule has 1 N–H and O–H groups in total. The lowest BCUT2D eigenvalue weighted by Gasteiger charge is -2.37. The molecule has 0 radical (unpaired) electrons. The number of rotatable bonds is 3. The molecule has 1 fully saturated rings. The number of benzene rings is 1. The van der Waals surface area contributed by atoms with Crippen LogP contribution in [0.3, 0.4) is 0 Å². The van der Waals surface area contributed by atoms with E-state index < -0.39 is 0 Å². The van der Waals surface area contributed by atoms with E-state index >= 15 is 0 Å². The molecule has 1 saturated carbocycles. The predicted octanol–water partition coefficient (Wildman–Crippen LogP) is 3.94. The van der Waals surface area contributed by atoms with E-state index in [9.17, 15) is 4.39 Å². The monoisotopic (exact) mass is 255 g/mol. The van der Waals surface area contributed by atoms with Crippen LogP contribution in [-0.4, -0.2) is 12.6 Å². The van der Waals surface area contributed by atoms with Crippen molar-refractivity contribution in [1.82, 2.24) is 5.32 Å². The lowest BCUT2D eigenvalue weighted by Crippen LogP contribution is -2.46. The topological polar surface area (TPSA) is 12.0 Å². The first-order valence-electron chi connectivity index (χ1n) is 6.29. The van der Waals surface area contributed by atoms with E-state index in [1.165, 1.54) is 25.3 Å². The number of hydrogen-bond acceptors (Lipinski definition) is 1. The summed E-state index contributed by atoms with van der Waals surface area (Å²) in [6.45, 7) is 0. The summed E-state index contributed by atoms with van der Waals surface area (Å²) in [6.07, 6.45) is 6.62. The first kappa shape index (κ1) is 12.8. The average Bonchev–Trinajstić information content (AvgIpc) is 2.35. The molecule has 1 aliphatic carbocycles. The quantitative estimate of drug-likeness (QED) is 0.863. The van der Waals surface area contributed by atoms with Crippen LogP contribution in [0.2, 0.25) is 5.02 Å². The van der Waals surface area contributed by atoms with Gasteiger partial charge in [-0.3, -0.25) is 0 Å². The maximum atomic E-state index is 13.8. The van der Waals surface area contributed by atoms with Crippen molar-refractivity contribution in [3.8, 4) is 0 Å². The molecule has 94 valence electrons. The van der Waals surface area contributed by atoms with Gasteiger partial charge in [-0.2, -0.15) is 0 Å². The number of likely N-dealkylation sites (N-methyl/N-ethyl adjacent to an activating group) is 1. The molecule has 0 unspecified atom stereocenters. The fourth-order valence-electron chi connectivity index (χ4n) is 2.78. The van der Waals surface area contributed by atoms with E-state index in [4.69, 9.17) is 11.6 Å². The highest BCUT2D eigenvalue weighted by Gasteiger charge is 2.31. The Hall–Kier alpha value is -0.600. The fourth-order valence-corrected chi connectivity index (χ4v) is 3.01. The summed E-state index contributed by atoms with van der Waals surface area (Å²) < 4.78 is 13.8. The molecule has 0 saturated heterocycles. The van der Waals surface area contributed by atoms with Gasteiger partial charge in [-0.15, -0.1) is 0 Å². The summed E-state index contributed by atoms with van der Waals surface area (Å²) >= 11 is 6.10. The summed E-state index contributed by atoms with van der Waals surface area (Å²) in [6, 6.07) is 4.92. The second kappa shape index (κ2) is 5.36. The molecule has 1 nitrogen and oxygen atoms in total. The Bertz CT molecular complexity index is 366. The van der Waals surface area contributed by atoms with Gasteiger partial charge in [0.25, 0.3) is 0 Å². The third kappa shape index (κ3) is 2.80. The second-order valence-corrected chi connectivity index (χ2v) is 5.38. The molecule has 1 aliphatic rings. The maximum absolute atomic E-state index is 13.8. The normalized spacial score (nSPS) is 19.2. The van der Waals surface area contributed by atoms with Crippen molar-refractivity contribution in [2.75, 3.05) is 7.05 Å². The van der Waals surface area contributed by atoms with Gasteiger partial charge in [0, 0.05) is 16.1 Å². The van der Waals surface area contributed by atoms with Crippen molar-refractivity contribution in [1.29, 1.82) is 0 Å². The van der Waals surface area contributed by atoms with Crippen LogP contribution >= 0.6 is 11.6 Å². The van der Waals surface area contributed by atoms with E-state index in [1.807, 2.05) is 7.05 Å². The maximum Gasteiger partial charge on any atom is 0.127 e. The van der Waals surface area contributed by atoms with E-state index in [1.54, 1.807) is 12.1 Å². The van der Waals surface area contributed by atoms with E-state index in [0.29, 0.717) is 17.0 Å². The molecule has 1 aromatic rings. The molecule has 1 aromatic carbocycles. The third-order valence-corrected chi connectivity index (χ3v) is 4.27. The molecule has 3 heteroatoms. The van der Waals surface area contributed by atoms with Gasteiger partial charge in [-0.25, -0.2) is 4.39 Å². The van der Waals surface area contributed by atoms with Gasteiger partial charge in [0.15, 0.2) is 0 Å². The summed E-state index contributed by atoms with van der Waals surface area (Å²) in [7, 11) is 1.97. The zero-order chi connectivity index (χ0) is 12.3. The van der Waals surface area contributed by atoms with Gasteiger partial charge in [0.2, 0.25) is 0 Å². The molecule has 0 bridgehead atoms. The zero-order valence-corrected chi connectivity index (χ0v) is 11.0. The molecule has 0 amide bonds. The first-order valence-corrected chi connectivity index (χ1v) is 6.66. The van der Waals surface area contributed by atoms with Crippen LogP contribution in [0.1, 0.15) is 37.7 Å². The minimum Gasteiger partial charge on any atom is -0.314 e. The van der Waals surface area contributed by atoms with Crippen molar-refractivity contribution in [3.05, 3.63) is 34.6 Å². The van der Waals surface area contributed by atoms with Crippen molar-refractivity contribution >= 4 is 11.6 Å². The van der Waals surface area contributed by atoms with E-state index in [2.05, 4.69) is 5.32 Å². The molecule has 17 heavy (non-hydrogen) atoms. The third-order valence-electron chi connectivity index (χ3n) is 3.92. The van der Waals surface area contributed by atoms with E-state index in [-0.39, 0.29) is 11.4 Å².